The highest BCUT2D eigenvalue weighted by Crippen LogP contribution is 2.22. The van der Waals surface area contributed by atoms with Crippen molar-refractivity contribution in [2.45, 2.75) is 13.8 Å². The van der Waals surface area contributed by atoms with Gasteiger partial charge < -0.3 is 9.56 Å². The van der Waals surface area contributed by atoms with Crippen LogP contribution in [0.3, 0.4) is 0 Å². The minimum absolute atomic E-state index is 0.273. The number of fused-ring (bicyclic) bond motifs is 1. The van der Waals surface area contributed by atoms with Crippen LogP contribution < -0.4 is 0 Å². The van der Waals surface area contributed by atoms with Gasteiger partial charge in [0.2, 0.25) is 0 Å². The van der Waals surface area contributed by atoms with Gasteiger partial charge in [-0.25, -0.2) is 4.98 Å². The highest BCUT2D eigenvalue weighted by Gasteiger charge is 2.10. The number of rotatable bonds is 3. The molecular formula is C16H18N4. The Morgan fingerprint density at radius 3 is 2.90 bits per heavy atom. The third-order valence-corrected chi connectivity index (χ3v) is 3.26. The van der Waals surface area contributed by atoms with Crippen molar-refractivity contribution >= 4 is 22.8 Å². The predicted molar refractivity (Wildman–Crippen MR) is 82.7 cm³/mol. The van der Waals surface area contributed by atoms with Gasteiger partial charge in [-0.15, -0.1) is 0 Å². The van der Waals surface area contributed by atoms with Gasteiger partial charge in [-0.1, -0.05) is 13.0 Å². The SMILES string of the molecule is CN=CC(C)/C=C(\C)c1nc2cc(C#N)ccc2n1C. The van der Waals surface area contributed by atoms with Crippen molar-refractivity contribution in [1.29, 1.82) is 5.26 Å². The number of imidazole rings is 1. The molecule has 0 radical (unpaired) electrons. The topological polar surface area (TPSA) is 54.0 Å². The van der Waals surface area contributed by atoms with Crippen LogP contribution in [0.15, 0.2) is 29.3 Å². The van der Waals surface area contributed by atoms with Crippen LogP contribution >= 0.6 is 0 Å². The van der Waals surface area contributed by atoms with Crippen LogP contribution in [0.5, 0.6) is 0 Å². The van der Waals surface area contributed by atoms with Crippen LogP contribution in [-0.4, -0.2) is 22.8 Å². The summed E-state index contributed by atoms with van der Waals surface area (Å²) in [6.45, 7) is 4.14. The molecular weight excluding hydrogens is 248 g/mol. The highest BCUT2D eigenvalue weighted by atomic mass is 15.1. The molecule has 0 saturated carbocycles. The van der Waals surface area contributed by atoms with Crippen molar-refractivity contribution in [3.8, 4) is 6.07 Å². The number of allylic oxidation sites excluding steroid dienone is 2. The third kappa shape index (κ3) is 2.62. The number of nitrogens with zero attached hydrogens (tertiary/aromatic N) is 4. The van der Waals surface area contributed by atoms with Gasteiger partial charge >= 0.3 is 0 Å². The molecule has 4 nitrogen and oxygen atoms in total. The quantitative estimate of drug-likeness (QED) is 0.801. The van der Waals surface area contributed by atoms with E-state index in [1.165, 1.54) is 0 Å². The summed E-state index contributed by atoms with van der Waals surface area (Å²) in [6, 6.07) is 7.72. The van der Waals surface area contributed by atoms with Crippen LogP contribution in [0, 0.1) is 17.2 Å². The molecule has 0 aliphatic rings. The largest absolute Gasteiger partial charge is 0.327 e. The molecule has 1 heterocycles. The van der Waals surface area contributed by atoms with E-state index in [0.717, 1.165) is 22.4 Å². The molecule has 102 valence electrons. The van der Waals surface area contributed by atoms with E-state index in [1.807, 2.05) is 38.4 Å². The van der Waals surface area contributed by atoms with Gasteiger partial charge in [0.1, 0.15) is 5.82 Å². The number of aryl methyl sites for hydroxylation is 1. The number of hydrogen-bond acceptors (Lipinski definition) is 3. The Morgan fingerprint density at radius 1 is 1.50 bits per heavy atom. The van der Waals surface area contributed by atoms with Crippen LogP contribution in [0.4, 0.5) is 0 Å². The Hall–Kier alpha value is -2.41. The smallest absolute Gasteiger partial charge is 0.136 e. The van der Waals surface area contributed by atoms with Crippen molar-refractivity contribution in [3.05, 3.63) is 35.7 Å². The fraction of sp³-hybridized carbons (Fsp3) is 0.312. The maximum atomic E-state index is 8.95. The molecule has 0 bridgehead atoms. The fourth-order valence-corrected chi connectivity index (χ4v) is 2.37. The highest BCUT2D eigenvalue weighted by molar-refractivity contribution is 5.81. The lowest BCUT2D eigenvalue weighted by Crippen LogP contribution is -1.98. The van der Waals surface area contributed by atoms with Crippen molar-refractivity contribution in [2.24, 2.45) is 18.0 Å². The van der Waals surface area contributed by atoms with E-state index in [4.69, 9.17) is 5.26 Å². The van der Waals surface area contributed by atoms with Gasteiger partial charge in [0.25, 0.3) is 0 Å². The van der Waals surface area contributed by atoms with E-state index < -0.39 is 0 Å². The first kappa shape index (κ1) is 14.0. The molecule has 2 aromatic rings. The number of aliphatic imine (C=N–C) groups is 1. The summed E-state index contributed by atoms with van der Waals surface area (Å²) in [6.07, 6.45) is 4.04. The molecule has 1 atom stereocenters. The Labute approximate surface area is 119 Å². The van der Waals surface area contributed by atoms with E-state index in [0.29, 0.717) is 5.56 Å². The average molecular weight is 266 g/mol. The Bertz CT molecular complexity index is 729. The molecule has 1 aromatic heterocycles. The first-order valence-electron chi connectivity index (χ1n) is 6.54. The zero-order chi connectivity index (χ0) is 14.7. The van der Waals surface area contributed by atoms with Gasteiger partial charge in [-0.2, -0.15) is 5.26 Å². The summed E-state index contributed by atoms with van der Waals surface area (Å²) >= 11 is 0. The lowest BCUT2D eigenvalue weighted by atomic mass is 10.1. The van der Waals surface area contributed by atoms with Crippen LogP contribution in [0.1, 0.15) is 25.2 Å². The van der Waals surface area contributed by atoms with Gasteiger partial charge in [0, 0.05) is 26.2 Å². The first-order valence-corrected chi connectivity index (χ1v) is 6.54. The minimum atomic E-state index is 0.273. The maximum absolute atomic E-state index is 8.95. The molecule has 0 saturated heterocycles. The van der Waals surface area contributed by atoms with Gasteiger partial charge in [0.15, 0.2) is 0 Å². The Kier molecular flexibility index (Phi) is 3.99. The second-order valence-corrected chi connectivity index (χ2v) is 4.93. The Balaban J connectivity index is 2.50. The molecule has 1 aromatic carbocycles. The minimum Gasteiger partial charge on any atom is -0.327 e. The molecule has 0 N–H and O–H groups in total. The number of hydrogen-bond donors (Lipinski definition) is 0. The summed E-state index contributed by atoms with van der Waals surface area (Å²) in [5.74, 6) is 1.20. The summed E-state index contributed by atoms with van der Waals surface area (Å²) in [5, 5.41) is 8.95. The summed E-state index contributed by atoms with van der Waals surface area (Å²) in [7, 11) is 3.77. The van der Waals surface area contributed by atoms with Gasteiger partial charge in [-0.05, 0) is 30.7 Å². The van der Waals surface area contributed by atoms with Crippen molar-refractivity contribution in [1.82, 2.24) is 9.55 Å². The lowest BCUT2D eigenvalue weighted by Gasteiger charge is -2.04. The molecule has 0 amide bonds. The van der Waals surface area contributed by atoms with Gasteiger partial charge in [-0.3, -0.25) is 0 Å². The number of aromatic nitrogens is 2. The average Bonchev–Trinajstić information content (AvgIpc) is 2.75. The normalized spacial score (nSPS) is 13.8. The summed E-state index contributed by atoms with van der Waals surface area (Å²) in [5.41, 5.74) is 3.62. The standard InChI is InChI=1S/C16H18N4/c1-11(10-18-3)7-12(2)16-19-14-8-13(9-17)5-6-15(14)20(16)4/h5-8,10-11H,1-4H3/b12-7+,18-10?. The summed E-state index contributed by atoms with van der Waals surface area (Å²) < 4.78 is 2.05. The van der Waals surface area contributed by atoms with Crippen molar-refractivity contribution in [2.75, 3.05) is 7.05 Å². The van der Waals surface area contributed by atoms with Crippen molar-refractivity contribution in [3.63, 3.8) is 0 Å². The van der Waals surface area contributed by atoms with E-state index >= 15 is 0 Å². The zero-order valence-corrected chi connectivity index (χ0v) is 12.3. The fourth-order valence-electron chi connectivity index (χ4n) is 2.37. The molecule has 0 spiro atoms. The third-order valence-electron chi connectivity index (χ3n) is 3.26. The monoisotopic (exact) mass is 266 g/mol. The van der Waals surface area contributed by atoms with E-state index in [2.05, 4.69) is 33.6 Å². The first-order chi connectivity index (χ1) is 9.56. The number of benzene rings is 1. The predicted octanol–water partition coefficient (Wildman–Crippen LogP) is 3.18. The molecule has 1 unspecified atom stereocenters. The van der Waals surface area contributed by atoms with E-state index in [1.54, 1.807) is 7.05 Å². The van der Waals surface area contributed by atoms with Crippen LogP contribution in [0.25, 0.3) is 16.6 Å². The second-order valence-electron chi connectivity index (χ2n) is 4.93. The van der Waals surface area contributed by atoms with Crippen LogP contribution in [-0.2, 0) is 7.05 Å². The Morgan fingerprint density at radius 2 is 2.25 bits per heavy atom. The second kappa shape index (κ2) is 5.70. The molecule has 20 heavy (non-hydrogen) atoms. The molecule has 4 heteroatoms. The molecule has 0 aliphatic carbocycles. The molecule has 0 aliphatic heterocycles. The lowest BCUT2D eigenvalue weighted by molar-refractivity contribution is 0.913. The van der Waals surface area contributed by atoms with Crippen molar-refractivity contribution < 1.29 is 0 Å². The zero-order valence-electron chi connectivity index (χ0n) is 12.3. The van der Waals surface area contributed by atoms with E-state index in [9.17, 15) is 0 Å². The number of nitriles is 1. The summed E-state index contributed by atoms with van der Waals surface area (Å²) in [4.78, 5) is 8.67. The van der Waals surface area contributed by atoms with Gasteiger partial charge in [0.05, 0.1) is 22.7 Å². The van der Waals surface area contributed by atoms with E-state index in [-0.39, 0.29) is 5.92 Å². The van der Waals surface area contributed by atoms with Crippen LogP contribution in [0.2, 0.25) is 0 Å². The molecule has 2 rings (SSSR count). The maximum Gasteiger partial charge on any atom is 0.136 e. The molecule has 0 fully saturated rings.